The molecule has 0 aliphatic heterocycles. The second-order valence-corrected chi connectivity index (χ2v) is 11.7. The number of carbonyl (C=O) groups excluding carboxylic acids is 1. The number of carboxylic acids is 1. The molecule has 0 aliphatic carbocycles. The van der Waals surface area contributed by atoms with Gasteiger partial charge in [0, 0.05) is 18.1 Å². The Morgan fingerprint density at radius 1 is 0.788 bits per heavy atom. The number of nitrogens with one attached hydrogen (secondary N) is 1. The lowest BCUT2D eigenvalue weighted by molar-refractivity contribution is -0.253. The van der Waals surface area contributed by atoms with E-state index in [9.17, 15) is 49.1 Å². The lowest BCUT2D eigenvalue weighted by Gasteiger charge is -2.37. The molecule has 278 valence electrons. The Morgan fingerprint density at radius 2 is 1.44 bits per heavy atom. The van der Waals surface area contributed by atoms with Crippen LogP contribution in [0.1, 0.15) is 52.4 Å². The molecule has 4 aromatic rings. The minimum absolute atomic E-state index is 0.0783. The van der Waals surface area contributed by atoms with Crippen molar-refractivity contribution < 1.29 is 68.1 Å². The number of halogens is 10. The monoisotopic (exact) mass is 745 g/mol. The SMILES string of the molecule is C[C@H](CCCOc1ccc(CC(NC(=O)c2ccc(F)c(C(F)(F)F)c2)(c2ccc(F)cc2)c2cc(F)cc(OC(F)(F)C(F)F)c2)cc1)C(=O)O. The standard InChI is InChI=1S/C36H29F10NO5/c1-20(32(49)50)3-2-14-51-27-11-4-21(5-12-27)19-34(23-7-9-25(37)10-8-23,24-16-26(38)18-28(17-24)52-36(45,46)33(40)41)47-31(48)22-6-13-30(39)29(15-22)35(42,43)44/h4-13,15-18,20,33H,2-3,14,19H2,1H3,(H,47,48)(H,49,50)/t20-,34?/m1/s1. The van der Waals surface area contributed by atoms with Crippen molar-refractivity contribution in [3.05, 3.63) is 130 Å². The van der Waals surface area contributed by atoms with Gasteiger partial charge < -0.3 is 19.9 Å². The molecule has 2 atom stereocenters. The molecular weight excluding hydrogens is 716 g/mol. The van der Waals surface area contributed by atoms with Crippen molar-refractivity contribution in [2.24, 2.45) is 5.92 Å². The maximum atomic E-state index is 15.1. The number of aliphatic carboxylic acids is 1. The van der Waals surface area contributed by atoms with E-state index in [0.717, 1.165) is 36.4 Å². The zero-order chi connectivity index (χ0) is 38.4. The average Bonchev–Trinajstić information content (AvgIpc) is 3.06. The first-order valence-corrected chi connectivity index (χ1v) is 15.4. The predicted octanol–water partition coefficient (Wildman–Crippen LogP) is 9.16. The molecule has 0 bridgehead atoms. The molecule has 2 N–H and O–H groups in total. The van der Waals surface area contributed by atoms with Gasteiger partial charge in [-0.25, -0.2) is 13.2 Å². The number of carboxylic acid groups (broad SMARTS) is 1. The van der Waals surface area contributed by atoms with E-state index in [4.69, 9.17) is 9.84 Å². The maximum absolute atomic E-state index is 15.1. The highest BCUT2D eigenvalue weighted by molar-refractivity contribution is 5.95. The summed E-state index contributed by atoms with van der Waals surface area (Å²) in [7, 11) is 0. The second kappa shape index (κ2) is 15.9. The summed E-state index contributed by atoms with van der Waals surface area (Å²) in [5, 5.41) is 11.5. The first kappa shape index (κ1) is 39.5. The lowest BCUT2D eigenvalue weighted by Crippen LogP contribution is -2.49. The summed E-state index contributed by atoms with van der Waals surface area (Å²) in [5.41, 5.74) is -4.96. The van der Waals surface area contributed by atoms with E-state index in [1.54, 1.807) is 0 Å². The van der Waals surface area contributed by atoms with Crippen LogP contribution in [-0.2, 0) is 22.9 Å². The predicted molar refractivity (Wildman–Crippen MR) is 166 cm³/mol. The highest BCUT2D eigenvalue weighted by atomic mass is 19.4. The van der Waals surface area contributed by atoms with Crippen LogP contribution in [0.25, 0.3) is 0 Å². The van der Waals surface area contributed by atoms with Crippen LogP contribution >= 0.6 is 0 Å². The Labute approximate surface area is 290 Å². The average molecular weight is 746 g/mol. The van der Waals surface area contributed by atoms with E-state index >= 15 is 4.39 Å². The summed E-state index contributed by atoms with van der Waals surface area (Å²) in [5.74, 6) is -7.51. The van der Waals surface area contributed by atoms with Gasteiger partial charge in [0.1, 0.15) is 29.0 Å². The van der Waals surface area contributed by atoms with Gasteiger partial charge >= 0.3 is 24.7 Å². The summed E-state index contributed by atoms with van der Waals surface area (Å²) in [6.45, 7) is 1.67. The fourth-order valence-corrected chi connectivity index (χ4v) is 5.23. The summed E-state index contributed by atoms with van der Waals surface area (Å²) in [6, 6.07) is 13.0. The number of hydrogen-bond acceptors (Lipinski definition) is 4. The van der Waals surface area contributed by atoms with Gasteiger partial charge in [0.2, 0.25) is 0 Å². The molecule has 52 heavy (non-hydrogen) atoms. The van der Waals surface area contributed by atoms with E-state index in [0.29, 0.717) is 36.8 Å². The van der Waals surface area contributed by atoms with Crippen molar-refractivity contribution in [1.82, 2.24) is 5.32 Å². The van der Waals surface area contributed by atoms with Crippen molar-refractivity contribution in [1.29, 1.82) is 0 Å². The summed E-state index contributed by atoms with van der Waals surface area (Å²) in [4.78, 5) is 24.8. The van der Waals surface area contributed by atoms with Gasteiger partial charge in [-0.1, -0.05) is 31.2 Å². The minimum atomic E-state index is -5.22. The van der Waals surface area contributed by atoms with Crippen molar-refractivity contribution >= 4 is 11.9 Å². The molecule has 0 heterocycles. The molecule has 4 aromatic carbocycles. The number of rotatable bonds is 15. The zero-order valence-electron chi connectivity index (χ0n) is 26.9. The second-order valence-electron chi connectivity index (χ2n) is 11.7. The molecule has 1 amide bonds. The smallest absolute Gasteiger partial charge is 0.461 e. The Balaban J connectivity index is 1.84. The van der Waals surface area contributed by atoms with Crippen molar-refractivity contribution in [3.8, 4) is 11.5 Å². The molecule has 0 saturated heterocycles. The number of amides is 1. The molecule has 6 nitrogen and oxygen atoms in total. The molecular formula is C36H29F10NO5. The van der Waals surface area contributed by atoms with E-state index in [1.807, 2.05) is 0 Å². The van der Waals surface area contributed by atoms with E-state index in [2.05, 4.69) is 10.1 Å². The van der Waals surface area contributed by atoms with Gasteiger partial charge in [-0.05, 0) is 84.1 Å². The number of hydrogen-bond donors (Lipinski definition) is 2. The zero-order valence-corrected chi connectivity index (χ0v) is 26.9. The molecule has 0 radical (unpaired) electrons. The Bertz CT molecular complexity index is 1870. The van der Waals surface area contributed by atoms with Crippen LogP contribution in [0.4, 0.5) is 43.9 Å². The molecule has 0 spiro atoms. The van der Waals surface area contributed by atoms with Crippen molar-refractivity contribution in [3.63, 3.8) is 0 Å². The van der Waals surface area contributed by atoms with E-state index in [-0.39, 0.29) is 23.8 Å². The number of benzene rings is 4. The normalized spacial score (nSPS) is 13.7. The lowest BCUT2D eigenvalue weighted by atomic mass is 9.77. The Hall–Kier alpha value is -5.28. The van der Waals surface area contributed by atoms with Crippen LogP contribution in [0.15, 0.2) is 84.9 Å². The third-order valence-electron chi connectivity index (χ3n) is 7.93. The summed E-state index contributed by atoms with van der Waals surface area (Å²) < 4.78 is 148. The number of alkyl halides is 7. The Morgan fingerprint density at radius 3 is 2.04 bits per heavy atom. The fourth-order valence-electron chi connectivity index (χ4n) is 5.23. The third-order valence-corrected chi connectivity index (χ3v) is 7.93. The van der Waals surface area contributed by atoms with Crippen LogP contribution in [0, 0.1) is 23.4 Å². The molecule has 4 rings (SSSR count). The molecule has 0 aliphatic rings. The molecule has 16 heteroatoms. The van der Waals surface area contributed by atoms with E-state index in [1.165, 1.54) is 31.2 Å². The number of carbonyl (C=O) groups is 2. The quantitative estimate of drug-likeness (QED) is 0.0937. The van der Waals surface area contributed by atoms with Crippen LogP contribution < -0.4 is 14.8 Å². The highest BCUT2D eigenvalue weighted by Crippen LogP contribution is 2.39. The van der Waals surface area contributed by atoms with Gasteiger partial charge in [-0.2, -0.15) is 30.7 Å². The fraction of sp³-hybridized carbons (Fsp3) is 0.278. The molecule has 0 fully saturated rings. The van der Waals surface area contributed by atoms with Crippen LogP contribution in [-0.4, -0.2) is 36.1 Å². The van der Waals surface area contributed by atoms with Crippen LogP contribution in [0.2, 0.25) is 0 Å². The molecule has 0 aromatic heterocycles. The molecule has 0 saturated carbocycles. The highest BCUT2D eigenvalue weighted by Gasteiger charge is 2.45. The van der Waals surface area contributed by atoms with Gasteiger partial charge in [-0.15, -0.1) is 0 Å². The van der Waals surface area contributed by atoms with Crippen molar-refractivity contribution in [2.75, 3.05) is 6.61 Å². The Kier molecular flexibility index (Phi) is 12.1. The minimum Gasteiger partial charge on any atom is -0.494 e. The topological polar surface area (TPSA) is 84.9 Å². The molecule has 1 unspecified atom stereocenters. The summed E-state index contributed by atoms with van der Waals surface area (Å²) >= 11 is 0. The van der Waals surface area contributed by atoms with Crippen LogP contribution in [0.5, 0.6) is 11.5 Å². The first-order valence-electron chi connectivity index (χ1n) is 15.4. The van der Waals surface area contributed by atoms with Gasteiger partial charge in [-0.3, -0.25) is 9.59 Å². The first-order chi connectivity index (χ1) is 24.3. The van der Waals surface area contributed by atoms with Crippen LogP contribution in [0.3, 0.4) is 0 Å². The van der Waals surface area contributed by atoms with Gasteiger partial charge in [0.05, 0.1) is 23.6 Å². The van der Waals surface area contributed by atoms with Gasteiger partial charge in [0.15, 0.2) is 0 Å². The summed E-state index contributed by atoms with van der Waals surface area (Å²) in [6.07, 6.45) is -14.4. The largest absolute Gasteiger partial charge is 0.494 e. The van der Waals surface area contributed by atoms with Gasteiger partial charge in [0.25, 0.3) is 5.91 Å². The van der Waals surface area contributed by atoms with Crippen molar-refractivity contribution in [2.45, 2.75) is 50.4 Å². The third kappa shape index (κ3) is 9.73. The van der Waals surface area contributed by atoms with E-state index < -0.39 is 88.4 Å². The maximum Gasteiger partial charge on any atom is 0.461 e. The number of ether oxygens (including phenoxy) is 2.